The molecule has 2 rings (SSSR count). The normalized spacial score (nSPS) is 11.9. The lowest BCUT2D eigenvalue weighted by molar-refractivity contribution is -0.384. The van der Waals surface area contributed by atoms with E-state index in [0.29, 0.717) is 5.56 Å². The van der Waals surface area contributed by atoms with Gasteiger partial charge in [0.1, 0.15) is 5.75 Å². The lowest BCUT2D eigenvalue weighted by Gasteiger charge is -2.13. The number of hydrogen-bond donors (Lipinski definition) is 1. The molecule has 8 nitrogen and oxygen atoms in total. The first-order valence-electron chi connectivity index (χ1n) is 8.34. The number of anilines is 1. The molecule has 1 atom stereocenters. The fraction of sp³-hybridized carbons (Fsp3) is 0.158. The lowest BCUT2D eigenvalue weighted by Crippen LogP contribution is -2.29. The third kappa shape index (κ3) is 6.82. The Balaban J connectivity index is 1.93. The van der Waals surface area contributed by atoms with Crippen molar-refractivity contribution in [2.75, 3.05) is 5.32 Å². The van der Waals surface area contributed by atoms with Crippen LogP contribution in [-0.2, 0) is 14.3 Å². The first-order valence-corrected chi connectivity index (χ1v) is 8.72. The lowest BCUT2D eigenvalue weighted by atomic mass is 10.2. The van der Waals surface area contributed by atoms with Crippen LogP contribution in [0.3, 0.4) is 0 Å². The number of halogens is 3. The molecule has 1 N–H and O–H groups in total. The van der Waals surface area contributed by atoms with Gasteiger partial charge in [0.25, 0.3) is 11.6 Å². The Kier molecular flexibility index (Phi) is 7.82. The average Bonchev–Trinajstić information content (AvgIpc) is 2.68. The third-order valence-corrected chi connectivity index (χ3v) is 3.93. The maximum atomic E-state index is 12.2. The summed E-state index contributed by atoms with van der Waals surface area (Å²) in [6.45, 7) is -1.63. The summed E-state index contributed by atoms with van der Waals surface area (Å²) in [5, 5.41) is 13.2. The van der Waals surface area contributed by atoms with Gasteiger partial charge in [0.05, 0.1) is 15.6 Å². The number of amides is 1. The Hall–Kier alpha value is -3.53. The van der Waals surface area contributed by atoms with Crippen molar-refractivity contribution in [3.05, 3.63) is 69.2 Å². The van der Waals surface area contributed by atoms with E-state index >= 15 is 0 Å². The molecule has 11 heteroatoms. The highest BCUT2D eigenvalue weighted by atomic mass is 35.5. The van der Waals surface area contributed by atoms with Crippen LogP contribution in [0.15, 0.2) is 48.5 Å². The minimum Gasteiger partial charge on any atom is -0.449 e. The molecular weight excluding hydrogens is 426 g/mol. The predicted octanol–water partition coefficient (Wildman–Crippen LogP) is 4.43. The number of nitrogens with one attached hydrogen (secondary N) is 1. The Bertz CT molecular complexity index is 966. The summed E-state index contributed by atoms with van der Waals surface area (Å²) >= 11 is 5.91. The number of rotatable bonds is 8. The van der Waals surface area contributed by atoms with Gasteiger partial charge < -0.3 is 14.8 Å². The van der Waals surface area contributed by atoms with Gasteiger partial charge >= 0.3 is 12.6 Å². The Morgan fingerprint density at radius 3 is 2.47 bits per heavy atom. The monoisotopic (exact) mass is 440 g/mol. The number of carbonyl (C=O) groups is 2. The summed E-state index contributed by atoms with van der Waals surface area (Å²) < 4.78 is 33.4. The first kappa shape index (κ1) is 22.8. The van der Waals surface area contributed by atoms with Crippen LogP contribution in [0.1, 0.15) is 12.5 Å². The summed E-state index contributed by atoms with van der Waals surface area (Å²) in [5.41, 5.74) is 0.238. The van der Waals surface area contributed by atoms with Gasteiger partial charge in [0, 0.05) is 18.2 Å². The van der Waals surface area contributed by atoms with Crippen LogP contribution in [-0.4, -0.2) is 29.5 Å². The molecule has 0 heterocycles. The quantitative estimate of drug-likeness (QED) is 0.281. The Morgan fingerprint density at radius 2 is 1.87 bits per heavy atom. The van der Waals surface area contributed by atoms with Crippen molar-refractivity contribution in [2.45, 2.75) is 19.6 Å². The van der Waals surface area contributed by atoms with Gasteiger partial charge in [-0.1, -0.05) is 23.7 Å². The molecule has 1 unspecified atom stereocenters. The molecule has 0 aliphatic carbocycles. The minimum absolute atomic E-state index is 0.000383. The molecule has 0 spiro atoms. The van der Waals surface area contributed by atoms with Crippen LogP contribution in [0.25, 0.3) is 6.08 Å². The van der Waals surface area contributed by atoms with E-state index in [1.807, 2.05) is 0 Å². The summed E-state index contributed by atoms with van der Waals surface area (Å²) in [4.78, 5) is 34.2. The van der Waals surface area contributed by atoms with E-state index in [-0.39, 0.29) is 22.1 Å². The van der Waals surface area contributed by atoms with Crippen LogP contribution in [0, 0.1) is 10.1 Å². The van der Waals surface area contributed by atoms with Gasteiger partial charge in [-0.05, 0) is 36.8 Å². The fourth-order valence-corrected chi connectivity index (χ4v) is 2.31. The molecule has 30 heavy (non-hydrogen) atoms. The zero-order chi connectivity index (χ0) is 22.3. The molecular formula is C19H15ClF2N2O6. The maximum absolute atomic E-state index is 12.2. The molecule has 2 aromatic rings. The fourth-order valence-electron chi connectivity index (χ4n) is 2.15. The van der Waals surface area contributed by atoms with Crippen molar-refractivity contribution in [1.82, 2.24) is 0 Å². The first-order chi connectivity index (χ1) is 14.2. The van der Waals surface area contributed by atoms with Crippen molar-refractivity contribution in [3.63, 3.8) is 0 Å². The highest BCUT2D eigenvalue weighted by Crippen LogP contribution is 2.27. The van der Waals surface area contributed by atoms with Crippen molar-refractivity contribution in [1.29, 1.82) is 0 Å². The zero-order valence-corrected chi connectivity index (χ0v) is 16.1. The minimum atomic E-state index is -2.94. The van der Waals surface area contributed by atoms with Crippen molar-refractivity contribution in [3.8, 4) is 5.75 Å². The average molecular weight is 441 g/mol. The van der Waals surface area contributed by atoms with Gasteiger partial charge in [-0.15, -0.1) is 0 Å². The predicted molar refractivity (Wildman–Crippen MR) is 104 cm³/mol. The van der Waals surface area contributed by atoms with E-state index < -0.39 is 29.5 Å². The number of nitrogens with zero attached hydrogens (tertiary/aromatic N) is 1. The number of ether oxygens (including phenoxy) is 2. The number of alkyl halides is 2. The maximum Gasteiger partial charge on any atom is 0.387 e. The Labute approximate surface area is 174 Å². The molecule has 0 aromatic heterocycles. The summed E-state index contributed by atoms with van der Waals surface area (Å²) in [7, 11) is 0. The zero-order valence-electron chi connectivity index (χ0n) is 15.4. The van der Waals surface area contributed by atoms with Gasteiger partial charge in [0.2, 0.25) is 0 Å². The van der Waals surface area contributed by atoms with Crippen LogP contribution < -0.4 is 10.1 Å². The molecule has 0 aliphatic rings. The summed E-state index contributed by atoms with van der Waals surface area (Å²) in [6.07, 6.45) is 1.18. The summed E-state index contributed by atoms with van der Waals surface area (Å²) in [6, 6.07) is 9.01. The molecule has 0 saturated heterocycles. The van der Waals surface area contributed by atoms with E-state index in [9.17, 15) is 28.5 Å². The Morgan fingerprint density at radius 1 is 1.20 bits per heavy atom. The van der Waals surface area contributed by atoms with Crippen molar-refractivity contribution in [2.24, 2.45) is 0 Å². The number of nitro benzene ring substituents is 1. The molecule has 1 amide bonds. The van der Waals surface area contributed by atoms with E-state index in [1.165, 1.54) is 49.4 Å². The van der Waals surface area contributed by atoms with Gasteiger partial charge in [-0.3, -0.25) is 14.9 Å². The number of benzene rings is 2. The second kappa shape index (κ2) is 10.3. The molecule has 0 fully saturated rings. The van der Waals surface area contributed by atoms with E-state index in [2.05, 4.69) is 10.1 Å². The number of esters is 1. The number of non-ortho nitro benzene ring substituents is 1. The van der Waals surface area contributed by atoms with Crippen LogP contribution >= 0.6 is 11.6 Å². The van der Waals surface area contributed by atoms with E-state index in [4.69, 9.17) is 16.3 Å². The van der Waals surface area contributed by atoms with Gasteiger partial charge in [0.15, 0.2) is 6.10 Å². The molecule has 158 valence electrons. The van der Waals surface area contributed by atoms with Crippen molar-refractivity contribution < 1.29 is 32.8 Å². The highest BCUT2D eigenvalue weighted by molar-refractivity contribution is 6.33. The van der Waals surface area contributed by atoms with E-state index in [0.717, 1.165) is 12.1 Å². The molecule has 0 radical (unpaired) electrons. The molecule has 0 aliphatic heterocycles. The van der Waals surface area contributed by atoms with Gasteiger partial charge in [-0.25, -0.2) is 4.79 Å². The number of carbonyl (C=O) groups excluding carboxylic acids is 2. The highest BCUT2D eigenvalue weighted by Gasteiger charge is 2.19. The third-order valence-electron chi connectivity index (χ3n) is 3.60. The number of hydrogen-bond acceptors (Lipinski definition) is 6. The number of nitro groups is 1. The van der Waals surface area contributed by atoms with E-state index in [1.54, 1.807) is 0 Å². The smallest absolute Gasteiger partial charge is 0.387 e. The van der Waals surface area contributed by atoms with Crippen LogP contribution in [0.2, 0.25) is 5.02 Å². The van der Waals surface area contributed by atoms with Crippen LogP contribution in [0.4, 0.5) is 20.2 Å². The standard InChI is InChI=1S/C19H15ClF2N2O6/c1-11(18(26)23-16-10-13(24(27)28)5-8-15(16)20)29-17(25)9-4-12-2-6-14(7-3-12)30-19(21)22/h2-11,19H,1H3,(H,23,26)/b9-4+. The second-order valence-corrected chi connectivity index (χ2v) is 6.18. The largest absolute Gasteiger partial charge is 0.449 e. The molecule has 0 saturated carbocycles. The summed E-state index contributed by atoms with van der Waals surface area (Å²) in [5.74, 6) is -1.61. The topological polar surface area (TPSA) is 108 Å². The SMILES string of the molecule is CC(OC(=O)/C=C/c1ccc(OC(F)F)cc1)C(=O)Nc1cc([N+](=O)[O-])ccc1Cl. The molecule has 0 bridgehead atoms. The van der Waals surface area contributed by atoms with Gasteiger partial charge in [-0.2, -0.15) is 8.78 Å². The van der Waals surface area contributed by atoms with Crippen molar-refractivity contribution >= 4 is 40.9 Å². The second-order valence-electron chi connectivity index (χ2n) is 5.77. The van der Waals surface area contributed by atoms with Crippen LogP contribution in [0.5, 0.6) is 5.75 Å². The molecule has 2 aromatic carbocycles.